The molecule has 9 heteroatoms. The smallest absolute Gasteiger partial charge is 0.160 e. The van der Waals surface area contributed by atoms with Crippen LogP contribution in [-0.2, 0) is 4.74 Å². The molecule has 0 bridgehead atoms. The van der Waals surface area contributed by atoms with Gasteiger partial charge in [0, 0.05) is 30.9 Å². The number of morpholine rings is 1. The molecule has 2 N–H and O–H groups in total. The van der Waals surface area contributed by atoms with E-state index in [2.05, 4.69) is 66.2 Å². The van der Waals surface area contributed by atoms with Gasteiger partial charge in [-0.3, -0.25) is 4.40 Å². The van der Waals surface area contributed by atoms with E-state index in [1.54, 1.807) is 12.7 Å². The molecule has 2 aliphatic rings. The lowest BCUT2D eigenvalue weighted by Gasteiger charge is -2.28. The van der Waals surface area contributed by atoms with Crippen LogP contribution in [0.4, 0.5) is 11.5 Å². The molecule has 4 aromatic rings. The maximum absolute atomic E-state index is 5.46. The van der Waals surface area contributed by atoms with Gasteiger partial charge in [-0.15, -0.1) is 10.2 Å². The minimum Gasteiger partial charge on any atom is -0.378 e. The molecule has 30 heavy (non-hydrogen) atoms. The molecule has 3 aromatic heterocycles. The summed E-state index contributed by atoms with van der Waals surface area (Å²) in [5.41, 5.74) is 12.9. The first-order chi connectivity index (χ1) is 14.8. The first-order valence-corrected chi connectivity index (χ1v) is 9.95. The zero-order valence-electron chi connectivity index (χ0n) is 16.2. The lowest BCUT2D eigenvalue weighted by Crippen LogP contribution is -2.37. The van der Waals surface area contributed by atoms with Crippen LogP contribution in [-0.4, -0.2) is 50.9 Å². The number of fused-ring (bicyclic) bond motifs is 2. The molecule has 1 unspecified atom stereocenters. The normalized spacial score (nSPS) is 18.4. The number of hydrogen-bond acceptors (Lipinski definition) is 8. The summed E-state index contributed by atoms with van der Waals surface area (Å²) in [7, 11) is 0. The van der Waals surface area contributed by atoms with Gasteiger partial charge in [-0.25, -0.2) is 15.4 Å². The van der Waals surface area contributed by atoms with Gasteiger partial charge in [0.1, 0.15) is 18.5 Å². The molecule has 0 aliphatic carbocycles. The summed E-state index contributed by atoms with van der Waals surface area (Å²) in [6.45, 7) is 3.15. The van der Waals surface area contributed by atoms with Crippen LogP contribution < -0.4 is 15.8 Å². The summed E-state index contributed by atoms with van der Waals surface area (Å²) in [5, 5.41) is 8.04. The monoisotopic (exact) mass is 400 g/mol. The van der Waals surface area contributed by atoms with E-state index >= 15 is 0 Å². The molecule has 1 fully saturated rings. The lowest BCUT2D eigenvalue weighted by atomic mass is 9.98. The van der Waals surface area contributed by atoms with Crippen molar-refractivity contribution in [3.8, 4) is 11.1 Å². The predicted molar refractivity (Wildman–Crippen MR) is 112 cm³/mol. The van der Waals surface area contributed by atoms with Crippen molar-refractivity contribution >= 4 is 17.2 Å². The van der Waals surface area contributed by atoms with E-state index in [1.165, 1.54) is 0 Å². The zero-order chi connectivity index (χ0) is 19.9. The summed E-state index contributed by atoms with van der Waals surface area (Å²) in [4.78, 5) is 11.3. The largest absolute Gasteiger partial charge is 0.378 e. The van der Waals surface area contributed by atoms with E-state index in [0.29, 0.717) is 0 Å². The van der Waals surface area contributed by atoms with Crippen LogP contribution in [0.25, 0.3) is 16.8 Å². The highest BCUT2D eigenvalue weighted by molar-refractivity contribution is 5.71. The maximum Gasteiger partial charge on any atom is 0.160 e. The maximum atomic E-state index is 5.46. The molecule has 9 nitrogen and oxygen atoms in total. The Hall–Kier alpha value is -3.56. The summed E-state index contributed by atoms with van der Waals surface area (Å²) in [5.74, 6) is 0.938. The third kappa shape index (κ3) is 2.95. The highest BCUT2D eigenvalue weighted by Crippen LogP contribution is 2.36. The van der Waals surface area contributed by atoms with Crippen LogP contribution >= 0.6 is 0 Å². The Balaban J connectivity index is 1.35. The van der Waals surface area contributed by atoms with E-state index in [9.17, 15) is 0 Å². The number of ether oxygens (including phenoxy) is 1. The molecule has 1 atom stereocenters. The first kappa shape index (κ1) is 17.3. The Morgan fingerprint density at radius 1 is 1.00 bits per heavy atom. The number of aromatic nitrogens is 5. The number of benzene rings is 1. The highest BCUT2D eigenvalue weighted by atomic mass is 16.5. The van der Waals surface area contributed by atoms with Crippen LogP contribution in [0.3, 0.4) is 0 Å². The number of nitrogens with zero attached hydrogens (tertiary/aromatic N) is 6. The van der Waals surface area contributed by atoms with Gasteiger partial charge in [0.25, 0.3) is 0 Å². The molecule has 6 rings (SSSR count). The Labute approximate surface area is 172 Å². The van der Waals surface area contributed by atoms with Gasteiger partial charge in [0.15, 0.2) is 5.65 Å². The molecule has 1 aromatic carbocycles. The van der Waals surface area contributed by atoms with Gasteiger partial charge < -0.3 is 15.1 Å². The SMILES string of the molecule is c1nc(C2NNc3ccc(-c4ccc5nncn5c4)cc32)cc(N2CCOCC2)n1. The van der Waals surface area contributed by atoms with Gasteiger partial charge >= 0.3 is 0 Å². The second kappa shape index (κ2) is 7.05. The fourth-order valence-electron chi connectivity index (χ4n) is 4.04. The molecule has 2 aliphatic heterocycles. The molecule has 150 valence electrons. The van der Waals surface area contributed by atoms with Gasteiger partial charge in [-0.05, 0) is 35.4 Å². The van der Waals surface area contributed by atoms with Crippen molar-refractivity contribution in [3.63, 3.8) is 0 Å². The first-order valence-electron chi connectivity index (χ1n) is 9.95. The zero-order valence-corrected chi connectivity index (χ0v) is 16.2. The number of rotatable bonds is 3. The van der Waals surface area contributed by atoms with Gasteiger partial charge in [0.2, 0.25) is 0 Å². The van der Waals surface area contributed by atoms with E-state index < -0.39 is 0 Å². The fourth-order valence-corrected chi connectivity index (χ4v) is 4.04. The summed E-state index contributed by atoms with van der Waals surface area (Å²) < 4.78 is 7.38. The summed E-state index contributed by atoms with van der Waals surface area (Å²) in [6.07, 6.45) is 5.40. The fraction of sp³-hybridized carbons (Fsp3) is 0.238. The van der Waals surface area contributed by atoms with Crippen LogP contribution in [0.2, 0.25) is 0 Å². The Kier molecular flexibility index (Phi) is 4.07. The molecule has 5 heterocycles. The second-order valence-corrected chi connectivity index (χ2v) is 7.42. The standard InChI is InChI=1S/C21H20N8O/c1-3-17-16(9-14(1)15-2-4-19-26-24-13-29(19)11-15)21(27-25-17)18-10-20(23-12-22-18)28-5-7-30-8-6-28/h1-4,9-13,21,25,27H,5-8H2. The Bertz CT molecular complexity index is 1220. The van der Waals surface area contributed by atoms with Crippen LogP contribution in [0.1, 0.15) is 17.3 Å². The van der Waals surface area contributed by atoms with Gasteiger partial charge in [-0.2, -0.15) is 0 Å². The topological polar surface area (TPSA) is 92.5 Å². The number of anilines is 2. The molecule has 0 amide bonds. The summed E-state index contributed by atoms with van der Waals surface area (Å²) in [6, 6.07) is 12.5. The molecular weight excluding hydrogens is 380 g/mol. The Morgan fingerprint density at radius 3 is 2.83 bits per heavy atom. The van der Waals surface area contributed by atoms with Crippen LogP contribution in [0.5, 0.6) is 0 Å². The van der Waals surface area contributed by atoms with Crippen molar-refractivity contribution in [1.82, 2.24) is 30.0 Å². The average Bonchev–Trinajstić information content (AvgIpc) is 3.45. The van der Waals surface area contributed by atoms with Crippen molar-refractivity contribution in [1.29, 1.82) is 0 Å². The van der Waals surface area contributed by atoms with Gasteiger partial charge in [-0.1, -0.05) is 6.07 Å². The number of hydrazine groups is 1. The predicted octanol–water partition coefficient (Wildman–Crippen LogP) is 2.04. The van der Waals surface area contributed by atoms with E-state index in [-0.39, 0.29) is 6.04 Å². The minimum atomic E-state index is -0.0543. The molecule has 0 spiro atoms. The van der Waals surface area contributed by atoms with Crippen LogP contribution in [0, 0.1) is 0 Å². The van der Waals surface area contributed by atoms with E-state index in [4.69, 9.17) is 4.74 Å². The third-order valence-corrected chi connectivity index (χ3v) is 5.64. The number of hydrogen-bond donors (Lipinski definition) is 2. The molecular formula is C21H20N8O. The molecule has 0 saturated carbocycles. The highest BCUT2D eigenvalue weighted by Gasteiger charge is 2.26. The van der Waals surface area contributed by atoms with Gasteiger partial charge in [0.05, 0.1) is 30.6 Å². The van der Waals surface area contributed by atoms with Crippen molar-refractivity contribution in [2.75, 3.05) is 36.6 Å². The van der Waals surface area contributed by atoms with Crippen molar-refractivity contribution in [3.05, 3.63) is 66.5 Å². The quantitative estimate of drug-likeness (QED) is 0.540. The molecule has 1 saturated heterocycles. The van der Waals surface area contributed by atoms with E-state index in [1.807, 2.05) is 16.7 Å². The molecule has 0 radical (unpaired) electrons. The average molecular weight is 400 g/mol. The van der Waals surface area contributed by atoms with E-state index in [0.717, 1.165) is 65.8 Å². The minimum absolute atomic E-state index is 0.0543. The van der Waals surface area contributed by atoms with Crippen molar-refractivity contribution in [2.24, 2.45) is 0 Å². The second-order valence-electron chi connectivity index (χ2n) is 7.42. The van der Waals surface area contributed by atoms with Crippen LogP contribution in [0.15, 0.2) is 55.2 Å². The third-order valence-electron chi connectivity index (χ3n) is 5.64. The Morgan fingerprint density at radius 2 is 1.90 bits per heavy atom. The lowest BCUT2D eigenvalue weighted by molar-refractivity contribution is 0.122. The summed E-state index contributed by atoms with van der Waals surface area (Å²) >= 11 is 0. The number of nitrogens with one attached hydrogen (secondary N) is 2. The van der Waals surface area contributed by atoms with Crippen molar-refractivity contribution < 1.29 is 4.74 Å². The van der Waals surface area contributed by atoms with Crippen molar-refractivity contribution in [2.45, 2.75) is 6.04 Å². The number of pyridine rings is 1.